The number of aromatic nitrogens is 1. The van der Waals surface area contributed by atoms with Crippen molar-refractivity contribution in [2.75, 3.05) is 6.54 Å². The van der Waals surface area contributed by atoms with Crippen LogP contribution >= 0.6 is 0 Å². The van der Waals surface area contributed by atoms with Gasteiger partial charge in [0.1, 0.15) is 0 Å². The van der Waals surface area contributed by atoms with Crippen molar-refractivity contribution in [2.24, 2.45) is 5.73 Å². The van der Waals surface area contributed by atoms with Crippen molar-refractivity contribution in [1.82, 2.24) is 4.98 Å². The van der Waals surface area contributed by atoms with Crippen LogP contribution < -0.4 is 5.73 Å². The summed E-state index contributed by atoms with van der Waals surface area (Å²) >= 11 is 0. The molecule has 0 saturated carbocycles. The van der Waals surface area contributed by atoms with E-state index in [1.807, 2.05) is 12.4 Å². The van der Waals surface area contributed by atoms with E-state index in [-0.39, 0.29) is 0 Å². The second kappa shape index (κ2) is 3.23. The Morgan fingerprint density at radius 2 is 2.50 bits per heavy atom. The van der Waals surface area contributed by atoms with Crippen molar-refractivity contribution >= 4 is 0 Å². The maximum Gasteiger partial charge on any atom is 0.0302 e. The molecule has 2 heteroatoms. The zero-order chi connectivity index (χ0) is 8.39. The minimum absolute atomic E-state index is 0.580. The van der Waals surface area contributed by atoms with E-state index >= 15 is 0 Å². The molecule has 1 aliphatic rings. The van der Waals surface area contributed by atoms with E-state index in [1.165, 1.54) is 30.4 Å². The smallest absolute Gasteiger partial charge is 0.0302 e. The van der Waals surface area contributed by atoms with E-state index in [0.29, 0.717) is 5.92 Å². The van der Waals surface area contributed by atoms with E-state index in [4.69, 9.17) is 5.73 Å². The van der Waals surface area contributed by atoms with Gasteiger partial charge in [0.2, 0.25) is 0 Å². The fourth-order valence-corrected chi connectivity index (χ4v) is 1.98. The molecule has 1 aromatic heterocycles. The summed E-state index contributed by atoms with van der Waals surface area (Å²) in [6, 6.07) is 2.12. The molecule has 1 atom stereocenters. The molecule has 64 valence electrons. The molecule has 12 heavy (non-hydrogen) atoms. The van der Waals surface area contributed by atoms with E-state index in [9.17, 15) is 0 Å². The first-order valence-electron chi connectivity index (χ1n) is 4.54. The van der Waals surface area contributed by atoms with Crippen LogP contribution in [0.25, 0.3) is 0 Å². The minimum atomic E-state index is 0.580. The third-order valence-corrected chi connectivity index (χ3v) is 2.66. The lowest BCUT2D eigenvalue weighted by molar-refractivity contribution is 0.559. The summed E-state index contributed by atoms with van der Waals surface area (Å²) in [6.07, 6.45) is 7.54. The monoisotopic (exact) mass is 162 g/mol. The van der Waals surface area contributed by atoms with Gasteiger partial charge in [0.15, 0.2) is 0 Å². The third kappa shape index (κ3) is 1.23. The maximum atomic E-state index is 5.70. The predicted molar refractivity (Wildman–Crippen MR) is 49.0 cm³/mol. The van der Waals surface area contributed by atoms with Crippen molar-refractivity contribution in [1.29, 1.82) is 0 Å². The highest BCUT2D eigenvalue weighted by Crippen LogP contribution is 2.29. The highest BCUT2D eigenvalue weighted by Gasteiger charge is 2.17. The fourth-order valence-electron chi connectivity index (χ4n) is 1.98. The van der Waals surface area contributed by atoms with Crippen LogP contribution in [0.2, 0.25) is 0 Å². The Kier molecular flexibility index (Phi) is 2.09. The lowest BCUT2D eigenvalue weighted by Crippen LogP contribution is -2.18. The minimum Gasteiger partial charge on any atom is -0.330 e. The lowest BCUT2D eigenvalue weighted by Gasteiger charge is -2.23. The molecule has 0 spiro atoms. The van der Waals surface area contributed by atoms with Crippen molar-refractivity contribution in [3.63, 3.8) is 0 Å². The molecule has 0 fully saturated rings. The van der Waals surface area contributed by atoms with Gasteiger partial charge in [0, 0.05) is 12.4 Å². The molecule has 1 aliphatic carbocycles. The van der Waals surface area contributed by atoms with Crippen LogP contribution in [-0.4, -0.2) is 11.5 Å². The average molecular weight is 162 g/mol. The molecular formula is C10H14N2. The van der Waals surface area contributed by atoms with Crippen LogP contribution in [-0.2, 0) is 6.42 Å². The lowest BCUT2D eigenvalue weighted by atomic mass is 9.84. The molecule has 0 amide bonds. The summed E-state index contributed by atoms with van der Waals surface area (Å²) in [5.41, 5.74) is 8.53. The molecule has 0 radical (unpaired) electrons. The van der Waals surface area contributed by atoms with Crippen LogP contribution in [0, 0.1) is 0 Å². The Hall–Kier alpha value is -0.890. The van der Waals surface area contributed by atoms with Gasteiger partial charge in [-0.2, -0.15) is 0 Å². The van der Waals surface area contributed by atoms with Crippen molar-refractivity contribution in [2.45, 2.75) is 25.2 Å². The maximum absolute atomic E-state index is 5.70. The summed E-state index contributed by atoms with van der Waals surface area (Å²) in [6.45, 7) is 0.775. The van der Waals surface area contributed by atoms with Crippen LogP contribution in [0.15, 0.2) is 18.5 Å². The van der Waals surface area contributed by atoms with Gasteiger partial charge in [-0.05, 0) is 48.9 Å². The first kappa shape index (κ1) is 7.74. The summed E-state index contributed by atoms with van der Waals surface area (Å²) in [7, 11) is 0. The highest BCUT2D eigenvalue weighted by atomic mass is 14.6. The molecular weight excluding hydrogens is 148 g/mol. The van der Waals surface area contributed by atoms with E-state index in [1.54, 1.807) is 0 Å². The summed E-state index contributed by atoms with van der Waals surface area (Å²) in [5, 5.41) is 0. The predicted octanol–water partition coefficient (Wildman–Crippen LogP) is 1.46. The van der Waals surface area contributed by atoms with Crippen LogP contribution in [0.3, 0.4) is 0 Å². The van der Waals surface area contributed by atoms with E-state index in [0.717, 1.165) is 6.54 Å². The largest absolute Gasteiger partial charge is 0.330 e. The first-order chi connectivity index (χ1) is 5.92. The SMILES string of the molecule is NCC1CCCc2cnccc21. The molecule has 0 saturated heterocycles. The Labute approximate surface area is 72.8 Å². The van der Waals surface area contributed by atoms with Crippen molar-refractivity contribution in [3.8, 4) is 0 Å². The second-order valence-electron chi connectivity index (χ2n) is 3.40. The summed E-state index contributed by atoms with van der Waals surface area (Å²) in [5.74, 6) is 0.580. The van der Waals surface area contributed by atoms with Gasteiger partial charge in [0.05, 0.1) is 0 Å². The second-order valence-corrected chi connectivity index (χ2v) is 3.40. The van der Waals surface area contributed by atoms with Gasteiger partial charge >= 0.3 is 0 Å². The zero-order valence-corrected chi connectivity index (χ0v) is 7.16. The summed E-state index contributed by atoms with van der Waals surface area (Å²) < 4.78 is 0. The number of nitrogens with zero attached hydrogens (tertiary/aromatic N) is 1. The Bertz CT molecular complexity index is 270. The number of aryl methyl sites for hydroxylation is 1. The van der Waals surface area contributed by atoms with Gasteiger partial charge in [-0.1, -0.05) is 0 Å². The summed E-state index contributed by atoms with van der Waals surface area (Å²) in [4.78, 5) is 4.13. The first-order valence-corrected chi connectivity index (χ1v) is 4.54. The number of rotatable bonds is 1. The van der Waals surface area contributed by atoms with Gasteiger partial charge in [-0.25, -0.2) is 0 Å². The number of fused-ring (bicyclic) bond motifs is 1. The molecule has 1 heterocycles. The molecule has 1 unspecified atom stereocenters. The number of hydrogen-bond donors (Lipinski definition) is 1. The Morgan fingerprint density at radius 3 is 3.33 bits per heavy atom. The molecule has 0 aliphatic heterocycles. The fraction of sp³-hybridized carbons (Fsp3) is 0.500. The van der Waals surface area contributed by atoms with Crippen LogP contribution in [0.5, 0.6) is 0 Å². The standard InChI is InChI=1S/C10H14N2/c11-6-8-2-1-3-9-7-12-5-4-10(8)9/h4-5,7-8H,1-3,6,11H2. The topological polar surface area (TPSA) is 38.9 Å². The van der Waals surface area contributed by atoms with Gasteiger partial charge in [-0.3, -0.25) is 4.98 Å². The van der Waals surface area contributed by atoms with Gasteiger partial charge < -0.3 is 5.73 Å². The highest BCUT2D eigenvalue weighted by molar-refractivity contribution is 5.29. The molecule has 2 rings (SSSR count). The average Bonchev–Trinajstić information content (AvgIpc) is 2.17. The number of nitrogens with two attached hydrogens (primary N) is 1. The number of hydrogen-bond acceptors (Lipinski definition) is 2. The van der Waals surface area contributed by atoms with Gasteiger partial charge in [0.25, 0.3) is 0 Å². The molecule has 0 bridgehead atoms. The van der Waals surface area contributed by atoms with Crippen LogP contribution in [0.1, 0.15) is 29.9 Å². The number of pyridine rings is 1. The van der Waals surface area contributed by atoms with E-state index in [2.05, 4.69) is 11.1 Å². The van der Waals surface area contributed by atoms with Gasteiger partial charge in [-0.15, -0.1) is 0 Å². The van der Waals surface area contributed by atoms with Crippen molar-refractivity contribution < 1.29 is 0 Å². The van der Waals surface area contributed by atoms with Crippen LogP contribution in [0.4, 0.5) is 0 Å². The Balaban J connectivity index is 2.37. The Morgan fingerprint density at radius 1 is 1.58 bits per heavy atom. The molecule has 0 aromatic carbocycles. The molecule has 2 N–H and O–H groups in total. The molecule has 1 aromatic rings. The van der Waals surface area contributed by atoms with E-state index < -0.39 is 0 Å². The normalized spacial score (nSPS) is 21.9. The quantitative estimate of drug-likeness (QED) is 0.679. The molecule has 2 nitrogen and oxygen atoms in total. The third-order valence-electron chi connectivity index (χ3n) is 2.66. The zero-order valence-electron chi connectivity index (χ0n) is 7.16. The van der Waals surface area contributed by atoms with Crippen molar-refractivity contribution in [3.05, 3.63) is 29.6 Å².